The molecule has 0 bridgehead atoms. The number of imidazole rings is 1. The molecule has 0 saturated carbocycles. The maximum Gasteiger partial charge on any atom is 0.158 e. The number of phenols is 2. The first-order valence-corrected chi connectivity index (χ1v) is 8.48. The number of aromatic nitrogens is 2. The third-order valence-corrected chi connectivity index (χ3v) is 4.54. The minimum absolute atomic E-state index is 0.141. The fraction of sp³-hybridized carbons (Fsp3) is 0.316. The summed E-state index contributed by atoms with van der Waals surface area (Å²) < 4.78 is 7.72. The van der Waals surface area contributed by atoms with E-state index in [1.165, 1.54) is 12.1 Å². The fourth-order valence-corrected chi connectivity index (χ4v) is 3.21. The number of nitrogens with one attached hydrogen (secondary N) is 1. The van der Waals surface area contributed by atoms with Crippen molar-refractivity contribution in [3.63, 3.8) is 0 Å². The molecule has 1 fully saturated rings. The number of ether oxygens (including phenoxy) is 1. The Morgan fingerprint density at radius 2 is 2.12 bits per heavy atom. The van der Waals surface area contributed by atoms with E-state index in [0.717, 1.165) is 47.7 Å². The highest BCUT2D eigenvalue weighted by Gasteiger charge is 2.19. The Hall–Kier alpha value is -2.73. The molecule has 6 nitrogen and oxygen atoms in total. The summed E-state index contributed by atoms with van der Waals surface area (Å²) in [6, 6.07) is 8.74. The van der Waals surface area contributed by atoms with Crippen molar-refractivity contribution < 1.29 is 14.9 Å². The minimum atomic E-state index is -0.157. The summed E-state index contributed by atoms with van der Waals surface area (Å²) in [6.45, 7) is 3.56. The Kier molecular flexibility index (Phi) is 3.97. The van der Waals surface area contributed by atoms with Crippen molar-refractivity contribution in [1.82, 2.24) is 9.38 Å². The molecule has 2 aromatic heterocycles. The van der Waals surface area contributed by atoms with E-state index < -0.39 is 0 Å². The van der Waals surface area contributed by atoms with Crippen molar-refractivity contribution in [2.75, 3.05) is 18.5 Å². The molecule has 0 amide bonds. The molecule has 3 heterocycles. The maximum atomic E-state index is 9.85. The van der Waals surface area contributed by atoms with Gasteiger partial charge in [0.05, 0.1) is 6.10 Å². The number of rotatable bonds is 4. The van der Waals surface area contributed by atoms with Gasteiger partial charge in [0.1, 0.15) is 17.2 Å². The number of fused-ring (bicyclic) bond motifs is 1. The summed E-state index contributed by atoms with van der Waals surface area (Å²) in [7, 11) is 0. The molecule has 1 aliphatic heterocycles. The Morgan fingerprint density at radius 1 is 1.24 bits per heavy atom. The highest BCUT2D eigenvalue weighted by atomic mass is 16.5. The van der Waals surface area contributed by atoms with Gasteiger partial charge < -0.3 is 20.3 Å². The standard InChI is InChI=1S/C19H21N3O3/c1-12-4-7-17-21-18(13-5-6-15(23)16(24)9-13)19(22(17)11-12)20-10-14-3-2-8-25-14/h4-7,9,11,14,20,23-24H,2-3,8,10H2,1H3/t14-/m1/s1. The number of benzene rings is 1. The van der Waals surface area contributed by atoms with Gasteiger partial charge in [-0.1, -0.05) is 6.07 Å². The zero-order valence-electron chi connectivity index (χ0n) is 14.1. The van der Waals surface area contributed by atoms with Crippen LogP contribution >= 0.6 is 0 Å². The maximum absolute atomic E-state index is 9.85. The van der Waals surface area contributed by atoms with Gasteiger partial charge in [-0.2, -0.15) is 0 Å². The second kappa shape index (κ2) is 6.29. The molecule has 4 rings (SSSR count). The summed E-state index contributed by atoms with van der Waals surface area (Å²) >= 11 is 0. The first kappa shape index (κ1) is 15.8. The average molecular weight is 339 g/mol. The largest absolute Gasteiger partial charge is 0.504 e. The van der Waals surface area contributed by atoms with Crippen molar-refractivity contribution in [1.29, 1.82) is 0 Å². The quantitative estimate of drug-likeness (QED) is 0.636. The number of hydrogen-bond donors (Lipinski definition) is 3. The van der Waals surface area contributed by atoms with Crippen LogP contribution in [0.25, 0.3) is 16.9 Å². The normalized spacial score (nSPS) is 17.2. The van der Waals surface area contributed by atoms with Gasteiger partial charge in [-0.25, -0.2) is 4.98 Å². The molecule has 130 valence electrons. The number of hydrogen-bond acceptors (Lipinski definition) is 5. The first-order chi connectivity index (χ1) is 12.1. The Morgan fingerprint density at radius 3 is 2.88 bits per heavy atom. The van der Waals surface area contributed by atoms with Gasteiger partial charge in [-0.3, -0.25) is 4.40 Å². The molecule has 0 aliphatic carbocycles. The predicted octanol–water partition coefficient (Wildman–Crippen LogP) is 3.31. The number of pyridine rings is 1. The van der Waals surface area contributed by atoms with Gasteiger partial charge in [0, 0.05) is 24.9 Å². The van der Waals surface area contributed by atoms with Crippen molar-refractivity contribution >= 4 is 11.5 Å². The van der Waals surface area contributed by atoms with Crippen LogP contribution < -0.4 is 5.32 Å². The molecule has 0 radical (unpaired) electrons. The minimum Gasteiger partial charge on any atom is -0.504 e. The molecular weight excluding hydrogens is 318 g/mol. The number of nitrogens with zero attached hydrogens (tertiary/aromatic N) is 2. The van der Waals surface area contributed by atoms with E-state index in [0.29, 0.717) is 6.54 Å². The van der Waals surface area contributed by atoms with E-state index in [9.17, 15) is 10.2 Å². The lowest BCUT2D eigenvalue weighted by Crippen LogP contribution is -2.19. The first-order valence-electron chi connectivity index (χ1n) is 8.48. The molecule has 25 heavy (non-hydrogen) atoms. The summed E-state index contributed by atoms with van der Waals surface area (Å²) in [5.41, 5.74) is 3.43. The van der Waals surface area contributed by atoms with E-state index >= 15 is 0 Å². The van der Waals surface area contributed by atoms with Crippen LogP contribution in [0.1, 0.15) is 18.4 Å². The van der Waals surface area contributed by atoms with Crippen LogP contribution in [-0.2, 0) is 4.74 Å². The number of aryl methyl sites for hydroxylation is 1. The van der Waals surface area contributed by atoms with Crippen molar-refractivity contribution in [2.45, 2.75) is 25.9 Å². The van der Waals surface area contributed by atoms with E-state index in [1.54, 1.807) is 6.07 Å². The van der Waals surface area contributed by atoms with E-state index in [4.69, 9.17) is 9.72 Å². The molecule has 6 heteroatoms. The number of aromatic hydroxyl groups is 2. The van der Waals surface area contributed by atoms with Gasteiger partial charge >= 0.3 is 0 Å². The number of phenolic OH excluding ortho intramolecular Hbond substituents is 2. The Labute approximate surface area is 145 Å². The zero-order chi connectivity index (χ0) is 17.4. The molecule has 1 atom stereocenters. The second-order valence-electron chi connectivity index (χ2n) is 6.46. The lowest BCUT2D eigenvalue weighted by molar-refractivity contribution is 0.120. The van der Waals surface area contributed by atoms with Crippen LogP contribution in [0, 0.1) is 6.92 Å². The fourth-order valence-electron chi connectivity index (χ4n) is 3.21. The lowest BCUT2D eigenvalue weighted by Gasteiger charge is -2.13. The van der Waals surface area contributed by atoms with Crippen molar-refractivity contribution in [2.24, 2.45) is 0 Å². The Balaban J connectivity index is 1.78. The summed E-state index contributed by atoms with van der Waals surface area (Å²) in [4.78, 5) is 4.71. The van der Waals surface area contributed by atoms with Crippen LogP contribution in [0.4, 0.5) is 5.82 Å². The molecule has 0 unspecified atom stereocenters. The molecule has 1 saturated heterocycles. The van der Waals surface area contributed by atoms with Crippen LogP contribution in [0.3, 0.4) is 0 Å². The van der Waals surface area contributed by atoms with E-state index in [2.05, 4.69) is 5.32 Å². The van der Waals surface area contributed by atoms with Crippen LogP contribution in [0.5, 0.6) is 11.5 Å². The smallest absolute Gasteiger partial charge is 0.158 e. The monoisotopic (exact) mass is 339 g/mol. The SMILES string of the molecule is Cc1ccc2nc(-c3ccc(O)c(O)c3)c(NC[C@H]3CCCO3)n2c1. The molecule has 3 aromatic rings. The van der Waals surface area contributed by atoms with Gasteiger partial charge in [-0.05, 0) is 49.6 Å². The van der Waals surface area contributed by atoms with Crippen LogP contribution in [-0.4, -0.2) is 38.9 Å². The molecule has 0 spiro atoms. The molecule has 1 aromatic carbocycles. The van der Waals surface area contributed by atoms with Crippen LogP contribution in [0.15, 0.2) is 36.5 Å². The third-order valence-electron chi connectivity index (χ3n) is 4.54. The third kappa shape index (κ3) is 3.00. The summed E-state index contributed by atoms with van der Waals surface area (Å²) in [6.07, 6.45) is 4.38. The van der Waals surface area contributed by atoms with E-state index in [-0.39, 0.29) is 17.6 Å². The number of anilines is 1. The molecule has 3 N–H and O–H groups in total. The molecular formula is C19H21N3O3. The van der Waals surface area contributed by atoms with Gasteiger partial charge in [0.15, 0.2) is 11.5 Å². The van der Waals surface area contributed by atoms with E-state index in [1.807, 2.05) is 29.7 Å². The Bertz CT molecular complexity index is 914. The van der Waals surface area contributed by atoms with Gasteiger partial charge in [-0.15, -0.1) is 0 Å². The highest BCUT2D eigenvalue weighted by molar-refractivity contribution is 5.78. The molecule has 1 aliphatic rings. The summed E-state index contributed by atoms with van der Waals surface area (Å²) in [5.74, 6) is 0.562. The van der Waals surface area contributed by atoms with Crippen LogP contribution in [0.2, 0.25) is 0 Å². The highest BCUT2D eigenvalue weighted by Crippen LogP contribution is 2.34. The second-order valence-corrected chi connectivity index (χ2v) is 6.46. The lowest BCUT2D eigenvalue weighted by atomic mass is 10.1. The van der Waals surface area contributed by atoms with Gasteiger partial charge in [0.2, 0.25) is 0 Å². The zero-order valence-corrected chi connectivity index (χ0v) is 14.1. The average Bonchev–Trinajstić information content (AvgIpc) is 3.23. The van der Waals surface area contributed by atoms with Crippen molar-refractivity contribution in [3.05, 3.63) is 42.1 Å². The predicted molar refractivity (Wildman–Crippen MR) is 96.2 cm³/mol. The van der Waals surface area contributed by atoms with Crippen molar-refractivity contribution in [3.8, 4) is 22.8 Å². The summed E-state index contributed by atoms with van der Waals surface area (Å²) in [5, 5.41) is 22.9. The van der Waals surface area contributed by atoms with Gasteiger partial charge in [0.25, 0.3) is 0 Å². The topological polar surface area (TPSA) is 79.0 Å².